The molecule has 1 aromatic carbocycles. The molecule has 0 radical (unpaired) electrons. The zero-order valence-electron chi connectivity index (χ0n) is 10.9. The van der Waals surface area contributed by atoms with Crippen LogP contribution in [-0.2, 0) is 0 Å². The number of anilines is 1. The maximum atomic E-state index is 6.20. The molecular formula is C15H21NO. The molecule has 92 valence electrons. The first kappa shape index (κ1) is 10.9. The van der Waals surface area contributed by atoms with Crippen LogP contribution in [-0.4, -0.2) is 12.1 Å². The first-order valence-corrected chi connectivity index (χ1v) is 6.58. The summed E-state index contributed by atoms with van der Waals surface area (Å²) >= 11 is 0. The second-order valence-corrected chi connectivity index (χ2v) is 6.27. The van der Waals surface area contributed by atoms with Gasteiger partial charge in [-0.2, -0.15) is 0 Å². The third-order valence-electron chi connectivity index (χ3n) is 4.15. The topological polar surface area (TPSA) is 21.3 Å². The summed E-state index contributed by atoms with van der Waals surface area (Å²) in [5.41, 5.74) is 2.85. The highest BCUT2D eigenvalue weighted by Crippen LogP contribution is 2.43. The van der Waals surface area contributed by atoms with Crippen LogP contribution in [0.4, 0.5) is 5.69 Å². The first-order valence-electron chi connectivity index (χ1n) is 6.58. The first-order chi connectivity index (χ1) is 8.05. The smallest absolute Gasteiger partial charge is 0.145 e. The van der Waals surface area contributed by atoms with Gasteiger partial charge < -0.3 is 10.1 Å². The minimum Gasteiger partial charge on any atom is -0.486 e. The average molecular weight is 231 g/mol. The van der Waals surface area contributed by atoms with Gasteiger partial charge >= 0.3 is 0 Å². The van der Waals surface area contributed by atoms with Crippen molar-refractivity contribution in [2.24, 2.45) is 5.41 Å². The highest BCUT2D eigenvalue weighted by atomic mass is 16.5. The SMILES string of the molecule is Cc1cccc2c1OC1CCC(C)(C)CC1N2. The molecule has 2 heteroatoms. The fourth-order valence-electron chi connectivity index (χ4n) is 3.12. The highest BCUT2D eigenvalue weighted by molar-refractivity contribution is 5.62. The summed E-state index contributed by atoms with van der Waals surface area (Å²) < 4.78 is 6.20. The van der Waals surface area contributed by atoms with E-state index in [0.29, 0.717) is 17.6 Å². The molecule has 1 aliphatic carbocycles. The summed E-state index contributed by atoms with van der Waals surface area (Å²) in [5, 5.41) is 3.67. The van der Waals surface area contributed by atoms with Gasteiger partial charge in [0.1, 0.15) is 11.9 Å². The molecule has 0 aromatic heterocycles. The maximum absolute atomic E-state index is 6.20. The Morgan fingerprint density at radius 1 is 1.35 bits per heavy atom. The number of hydrogen-bond donors (Lipinski definition) is 1. The van der Waals surface area contributed by atoms with Gasteiger partial charge in [0.2, 0.25) is 0 Å². The van der Waals surface area contributed by atoms with E-state index in [9.17, 15) is 0 Å². The van der Waals surface area contributed by atoms with Crippen molar-refractivity contribution >= 4 is 5.69 Å². The molecule has 1 aliphatic heterocycles. The number of hydrogen-bond acceptors (Lipinski definition) is 2. The molecule has 2 aliphatic rings. The van der Waals surface area contributed by atoms with Gasteiger partial charge in [0, 0.05) is 0 Å². The van der Waals surface area contributed by atoms with E-state index in [1.807, 2.05) is 0 Å². The third-order valence-corrected chi connectivity index (χ3v) is 4.15. The van der Waals surface area contributed by atoms with E-state index in [1.165, 1.54) is 30.5 Å². The minimum absolute atomic E-state index is 0.358. The van der Waals surface area contributed by atoms with Gasteiger partial charge in [0.15, 0.2) is 0 Å². The van der Waals surface area contributed by atoms with Gasteiger partial charge in [-0.1, -0.05) is 26.0 Å². The van der Waals surface area contributed by atoms with Crippen molar-refractivity contribution in [3.8, 4) is 5.75 Å². The van der Waals surface area contributed by atoms with Crippen molar-refractivity contribution in [3.63, 3.8) is 0 Å². The van der Waals surface area contributed by atoms with E-state index in [1.54, 1.807) is 0 Å². The van der Waals surface area contributed by atoms with Crippen molar-refractivity contribution in [2.45, 2.75) is 52.2 Å². The van der Waals surface area contributed by atoms with Crippen LogP contribution in [0.15, 0.2) is 18.2 Å². The molecule has 1 heterocycles. The molecule has 17 heavy (non-hydrogen) atoms. The largest absolute Gasteiger partial charge is 0.486 e. The minimum atomic E-state index is 0.358. The fourth-order valence-corrected chi connectivity index (χ4v) is 3.12. The van der Waals surface area contributed by atoms with Gasteiger partial charge in [-0.15, -0.1) is 0 Å². The zero-order valence-corrected chi connectivity index (χ0v) is 10.9. The van der Waals surface area contributed by atoms with E-state index in [-0.39, 0.29) is 0 Å². The van der Waals surface area contributed by atoms with Crippen LogP contribution in [0.5, 0.6) is 5.75 Å². The van der Waals surface area contributed by atoms with E-state index >= 15 is 0 Å². The lowest BCUT2D eigenvalue weighted by atomic mass is 9.73. The number of fused-ring (bicyclic) bond motifs is 2. The van der Waals surface area contributed by atoms with Crippen LogP contribution >= 0.6 is 0 Å². The van der Waals surface area contributed by atoms with Crippen molar-refractivity contribution < 1.29 is 4.74 Å². The van der Waals surface area contributed by atoms with Crippen molar-refractivity contribution in [1.29, 1.82) is 0 Å². The lowest BCUT2D eigenvalue weighted by molar-refractivity contribution is 0.0771. The molecule has 1 N–H and O–H groups in total. The lowest BCUT2D eigenvalue weighted by Gasteiger charge is -2.44. The molecule has 0 saturated heterocycles. The van der Waals surface area contributed by atoms with E-state index in [0.717, 1.165) is 5.75 Å². The summed E-state index contributed by atoms with van der Waals surface area (Å²) in [4.78, 5) is 0. The molecule has 2 atom stereocenters. The maximum Gasteiger partial charge on any atom is 0.145 e. The fraction of sp³-hybridized carbons (Fsp3) is 0.600. The number of nitrogens with one attached hydrogen (secondary N) is 1. The summed E-state index contributed by atoms with van der Waals surface area (Å²) in [6.45, 7) is 6.83. The van der Waals surface area contributed by atoms with Gasteiger partial charge in [0.05, 0.1) is 11.7 Å². The van der Waals surface area contributed by atoms with Crippen molar-refractivity contribution in [2.75, 3.05) is 5.32 Å². The quantitative estimate of drug-likeness (QED) is 0.734. The number of ether oxygens (including phenoxy) is 1. The Labute approximate surface area is 103 Å². The molecule has 2 unspecified atom stereocenters. The molecule has 2 nitrogen and oxygen atoms in total. The second-order valence-electron chi connectivity index (χ2n) is 6.27. The zero-order chi connectivity index (χ0) is 12.0. The predicted molar refractivity (Wildman–Crippen MR) is 70.6 cm³/mol. The summed E-state index contributed by atoms with van der Waals surface area (Å²) in [6.07, 6.45) is 3.98. The molecule has 0 amide bonds. The van der Waals surface area contributed by atoms with Crippen LogP contribution in [0.25, 0.3) is 0 Å². The van der Waals surface area contributed by atoms with E-state index in [2.05, 4.69) is 44.3 Å². The van der Waals surface area contributed by atoms with Crippen LogP contribution in [0.3, 0.4) is 0 Å². The van der Waals surface area contributed by atoms with Gasteiger partial charge in [-0.3, -0.25) is 0 Å². The lowest BCUT2D eigenvalue weighted by Crippen LogP contribution is -2.48. The van der Waals surface area contributed by atoms with E-state index in [4.69, 9.17) is 4.74 Å². The van der Waals surface area contributed by atoms with Crippen molar-refractivity contribution in [3.05, 3.63) is 23.8 Å². The monoisotopic (exact) mass is 231 g/mol. The summed E-state index contributed by atoms with van der Waals surface area (Å²) in [5.74, 6) is 1.06. The average Bonchev–Trinajstić information content (AvgIpc) is 2.26. The number of aryl methyl sites for hydroxylation is 1. The highest BCUT2D eigenvalue weighted by Gasteiger charge is 2.39. The predicted octanol–water partition coefficient (Wildman–Crippen LogP) is 3.75. The third kappa shape index (κ3) is 1.90. The van der Waals surface area contributed by atoms with Gasteiger partial charge in [-0.05, 0) is 43.2 Å². The Morgan fingerprint density at radius 3 is 3.00 bits per heavy atom. The van der Waals surface area contributed by atoms with Crippen LogP contribution < -0.4 is 10.1 Å². The van der Waals surface area contributed by atoms with E-state index < -0.39 is 0 Å². The normalized spacial score (nSPS) is 29.6. The molecule has 0 bridgehead atoms. The standard InChI is InChI=1S/C15H21NO/c1-10-5-4-6-11-14(10)17-13-7-8-15(2,3)9-12(13)16-11/h4-6,12-13,16H,7-9H2,1-3H3. The molecule has 0 spiro atoms. The summed E-state index contributed by atoms with van der Waals surface area (Å²) in [6, 6.07) is 6.82. The van der Waals surface area contributed by atoms with Crippen molar-refractivity contribution in [1.82, 2.24) is 0 Å². The van der Waals surface area contributed by atoms with Gasteiger partial charge in [-0.25, -0.2) is 0 Å². The Balaban J connectivity index is 1.90. The molecule has 1 saturated carbocycles. The second kappa shape index (κ2) is 3.66. The molecule has 3 rings (SSSR count). The molecule has 1 aromatic rings. The summed E-state index contributed by atoms with van der Waals surface area (Å²) in [7, 11) is 0. The van der Waals surface area contributed by atoms with Crippen LogP contribution in [0, 0.1) is 12.3 Å². The number of benzene rings is 1. The Hall–Kier alpha value is -1.18. The van der Waals surface area contributed by atoms with Crippen LogP contribution in [0.1, 0.15) is 38.7 Å². The Bertz CT molecular complexity index is 439. The number of para-hydroxylation sites is 1. The Kier molecular flexibility index (Phi) is 2.35. The molecular weight excluding hydrogens is 210 g/mol. The van der Waals surface area contributed by atoms with Crippen LogP contribution in [0.2, 0.25) is 0 Å². The molecule has 1 fully saturated rings. The van der Waals surface area contributed by atoms with Gasteiger partial charge in [0.25, 0.3) is 0 Å². The Morgan fingerprint density at radius 2 is 2.18 bits per heavy atom. The number of rotatable bonds is 0.